The van der Waals surface area contributed by atoms with Crippen molar-refractivity contribution in [1.29, 1.82) is 0 Å². The Bertz CT molecular complexity index is 568. The van der Waals surface area contributed by atoms with Crippen molar-refractivity contribution in [3.63, 3.8) is 0 Å². The zero-order valence-electron chi connectivity index (χ0n) is 10.7. The average molecular weight is 283 g/mol. The first-order valence-electron chi connectivity index (χ1n) is 5.85. The summed E-state index contributed by atoms with van der Waals surface area (Å²) in [7, 11) is 0. The lowest BCUT2D eigenvalue weighted by atomic mass is 9.99. The van der Waals surface area contributed by atoms with Gasteiger partial charge in [0.2, 0.25) is 0 Å². The number of thiophene rings is 1. The van der Waals surface area contributed by atoms with Crippen LogP contribution in [-0.2, 0) is 0 Å². The Labute approximate surface area is 114 Å². The molecular formula is C14H15F2NOS. The molecule has 0 saturated heterocycles. The molecule has 0 bridgehead atoms. The molecule has 102 valence electrons. The SMILES string of the molecule is Cc1cc(C(N)c2ccccc2OC(F)F)c(C)s1. The Hall–Kier alpha value is -1.46. The predicted octanol–water partition coefficient (Wildman–Crippen LogP) is 4.01. The van der Waals surface area contributed by atoms with Crippen LogP contribution in [0.1, 0.15) is 26.9 Å². The van der Waals surface area contributed by atoms with Crippen molar-refractivity contribution in [2.45, 2.75) is 26.5 Å². The monoisotopic (exact) mass is 283 g/mol. The molecule has 1 unspecified atom stereocenters. The van der Waals surface area contributed by atoms with Crippen LogP contribution in [0.5, 0.6) is 5.75 Å². The third-order valence-corrected chi connectivity index (χ3v) is 3.87. The lowest BCUT2D eigenvalue weighted by molar-refractivity contribution is -0.0505. The first-order valence-corrected chi connectivity index (χ1v) is 6.67. The smallest absolute Gasteiger partial charge is 0.387 e. The van der Waals surface area contributed by atoms with Crippen molar-refractivity contribution in [1.82, 2.24) is 0 Å². The van der Waals surface area contributed by atoms with Gasteiger partial charge >= 0.3 is 6.61 Å². The van der Waals surface area contributed by atoms with Crippen molar-refractivity contribution >= 4 is 11.3 Å². The van der Waals surface area contributed by atoms with E-state index in [0.717, 1.165) is 15.3 Å². The normalized spacial score (nSPS) is 12.7. The van der Waals surface area contributed by atoms with E-state index >= 15 is 0 Å². The van der Waals surface area contributed by atoms with Gasteiger partial charge in [0.15, 0.2) is 0 Å². The molecule has 0 saturated carbocycles. The fourth-order valence-electron chi connectivity index (χ4n) is 2.07. The second-order valence-corrected chi connectivity index (χ2v) is 5.72. The van der Waals surface area contributed by atoms with Gasteiger partial charge in [0.05, 0.1) is 6.04 Å². The van der Waals surface area contributed by atoms with E-state index in [-0.39, 0.29) is 5.75 Å². The van der Waals surface area contributed by atoms with Crippen LogP contribution < -0.4 is 10.5 Å². The maximum absolute atomic E-state index is 12.4. The van der Waals surface area contributed by atoms with Crippen molar-refractivity contribution in [2.75, 3.05) is 0 Å². The summed E-state index contributed by atoms with van der Waals surface area (Å²) in [6, 6.07) is 8.18. The summed E-state index contributed by atoms with van der Waals surface area (Å²) in [6.07, 6.45) is 0. The minimum absolute atomic E-state index is 0.133. The number of alkyl halides is 2. The van der Waals surface area contributed by atoms with Gasteiger partial charge in [-0.2, -0.15) is 8.78 Å². The number of para-hydroxylation sites is 1. The molecule has 2 rings (SSSR count). The minimum atomic E-state index is -2.85. The van der Waals surface area contributed by atoms with Crippen LogP contribution in [0.15, 0.2) is 30.3 Å². The second kappa shape index (κ2) is 5.67. The van der Waals surface area contributed by atoms with E-state index in [1.807, 2.05) is 19.9 Å². The summed E-state index contributed by atoms with van der Waals surface area (Å²) in [5.41, 5.74) is 7.71. The predicted molar refractivity (Wildman–Crippen MR) is 72.9 cm³/mol. The minimum Gasteiger partial charge on any atom is -0.434 e. The fourth-order valence-corrected chi connectivity index (χ4v) is 3.04. The average Bonchev–Trinajstić information content (AvgIpc) is 2.67. The molecule has 1 aromatic heterocycles. The van der Waals surface area contributed by atoms with Crippen LogP contribution in [0.4, 0.5) is 8.78 Å². The van der Waals surface area contributed by atoms with Gasteiger partial charge in [-0.25, -0.2) is 0 Å². The Kier molecular flexibility index (Phi) is 4.17. The molecule has 0 aliphatic rings. The molecule has 2 aromatic rings. The lowest BCUT2D eigenvalue weighted by Crippen LogP contribution is -2.15. The Morgan fingerprint density at radius 1 is 1.16 bits per heavy atom. The van der Waals surface area contributed by atoms with Gasteiger partial charge in [0.25, 0.3) is 0 Å². The van der Waals surface area contributed by atoms with Gasteiger partial charge in [-0.05, 0) is 31.5 Å². The van der Waals surface area contributed by atoms with Gasteiger partial charge in [-0.15, -0.1) is 11.3 Å². The van der Waals surface area contributed by atoms with E-state index in [0.29, 0.717) is 5.56 Å². The largest absolute Gasteiger partial charge is 0.434 e. The van der Waals surface area contributed by atoms with Gasteiger partial charge < -0.3 is 10.5 Å². The van der Waals surface area contributed by atoms with Crippen molar-refractivity contribution < 1.29 is 13.5 Å². The highest BCUT2D eigenvalue weighted by Gasteiger charge is 2.19. The third-order valence-electron chi connectivity index (χ3n) is 2.88. The third kappa shape index (κ3) is 3.11. The molecule has 0 spiro atoms. The quantitative estimate of drug-likeness (QED) is 0.920. The van der Waals surface area contributed by atoms with E-state index in [2.05, 4.69) is 4.74 Å². The number of rotatable bonds is 4. The topological polar surface area (TPSA) is 35.2 Å². The van der Waals surface area contributed by atoms with Crippen molar-refractivity contribution in [2.24, 2.45) is 5.73 Å². The fraction of sp³-hybridized carbons (Fsp3) is 0.286. The second-order valence-electron chi connectivity index (χ2n) is 4.26. The number of hydrogen-bond acceptors (Lipinski definition) is 3. The van der Waals surface area contributed by atoms with Crippen LogP contribution >= 0.6 is 11.3 Å². The maximum Gasteiger partial charge on any atom is 0.387 e. The number of halogens is 2. The van der Waals surface area contributed by atoms with E-state index in [1.165, 1.54) is 6.07 Å². The summed E-state index contributed by atoms with van der Waals surface area (Å²) in [5.74, 6) is 0.133. The molecule has 5 heteroatoms. The zero-order chi connectivity index (χ0) is 14.0. The molecule has 1 atom stereocenters. The Morgan fingerprint density at radius 3 is 2.42 bits per heavy atom. The molecular weight excluding hydrogens is 268 g/mol. The molecule has 0 aliphatic heterocycles. The summed E-state index contributed by atoms with van der Waals surface area (Å²) in [6.45, 7) is 1.12. The van der Waals surface area contributed by atoms with E-state index < -0.39 is 12.7 Å². The Morgan fingerprint density at radius 2 is 1.84 bits per heavy atom. The standard InChI is InChI=1S/C14H15F2NOS/c1-8-7-11(9(2)19-8)13(17)10-5-3-4-6-12(10)18-14(15)16/h3-7,13-14H,17H2,1-2H3. The number of hydrogen-bond donors (Lipinski definition) is 1. The van der Waals surface area contributed by atoms with Crippen molar-refractivity contribution in [3.05, 3.63) is 51.2 Å². The van der Waals surface area contributed by atoms with E-state index in [1.54, 1.807) is 29.5 Å². The van der Waals surface area contributed by atoms with Crippen LogP contribution in [-0.4, -0.2) is 6.61 Å². The summed E-state index contributed by atoms with van der Waals surface area (Å²) in [4.78, 5) is 2.24. The van der Waals surface area contributed by atoms with Gasteiger partial charge in [0.1, 0.15) is 5.75 Å². The summed E-state index contributed by atoms with van der Waals surface area (Å²) < 4.78 is 29.3. The highest BCUT2D eigenvalue weighted by Crippen LogP contribution is 2.33. The van der Waals surface area contributed by atoms with Gasteiger partial charge in [-0.3, -0.25) is 0 Å². The van der Waals surface area contributed by atoms with Crippen LogP contribution in [0.25, 0.3) is 0 Å². The first kappa shape index (κ1) is 14.0. The highest BCUT2D eigenvalue weighted by atomic mass is 32.1. The van der Waals surface area contributed by atoms with Gasteiger partial charge in [-0.1, -0.05) is 18.2 Å². The molecule has 19 heavy (non-hydrogen) atoms. The van der Waals surface area contributed by atoms with Crippen molar-refractivity contribution in [3.8, 4) is 5.75 Å². The first-order chi connectivity index (χ1) is 8.99. The van der Waals surface area contributed by atoms with Gasteiger partial charge in [0, 0.05) is 15.3 Å². The number of ether oxygens (including phenoxy) is 1. The molecule has 2 N–H and O–H groups in total. The molecule has 0 aliphatic carbocycles. The number of aryl methyl sites for hydroxylation is 2. The van der Waals surface area contributed by atoms with E-state index in [4.69, 9.17) is 5.73 Å². The number of nitrogens with two attached hydrogens (primary N) is 1. The zero-order valence-corrected chi connectivity index (χ0v) is 11.5. The van der Waals surface area contributed by atoms with Crippen LogP contribution in [0.3, 0.4) is 0 Å². The molecule has 0 amide bonds. The van der Waals surface area contributed by atoms with Crippen LogP contribution in [0, 0.1) is 13.8 Å². The summed E-state index contributed by atoms with van der Waals surface area (Å²) in [5, 5.41) is 0. The molecule has 0 fully saturated rings. The highest BCUT2D eigenvalue weighted by molar-refractivity contribution is 7.12. The summed E-state index contributed by atoms with van der Waals surface area (Å²) >= 11 is 1.64. The molecule has 1 aromatic carbocycles. The van der Waals surface area contributed by atoms with Crippen LogP contribution in [0.2, 0.25) is 0 Å². The number of benzene rings is 1. The molecule has 0 radical (unpaired) electrons. The Balaban J connectivity index is 2.38. The molecule has 1 heterocycles. The van der Waals surface area contributed by atoms with E-state index in [9.17, 15) is 8.78 Å². The lowest BCUT2D eigenvalue weighted by Gasteiger charge is -2.16. The maximum atomic E-state index is 12.4. The molecule has 2 nitrogen and oxygen atoms in total.